The Morgan fingerprint density at radius 2 is 1.05 bits per heavy atom. The predicted octanol–water partition coefficient (Wildman–Crippen LogP) is 10.1. The molecule has 43 heavy (non-hydrogen) atoms. The summed E-state index contributed by atoms with van der Waals surface area (Å²) in [4.78, 5) is 2.41. The van der Waals surface area contributed by atoms with Crippen molar-refractivity contribution < 1.29 is 9.31 Å². The first-order valence-corrected chi connectivity index (χ1v) is 15.7. The van der Waals surface area contributed by atoms with Crippen LogP contribution in [-0.2, 0) is 9.31 Å². The normalized spacial score (nSPS) is 16.0. The van der Waals surface area contributed by atoms with Crippen molar-refractivity contribution in [3.8, 4) is 0 Å². The molecule has 1 fully saturated rings. The lowest BCUT2D eigenvalue weighted by atomic mass is 9.78. The molecule has 0 amide bonds. The molecule has 0 saturated carbocycles. The molecule has 0 bridgehead atoms. The largest absolute Gasteiger partial charge is 0.496 e. The van der Waals surface area contributed by atoms with Gasteiger partial charge in [-0.05, 0) is 79.6 Å². The van der Waals surface area contributed by atoms with Crippen LogP contribution in [-0.4, -0.2) is 18.3 Å². The molecule has 1 saturated heterocycles. The number of hydrogen-bond acceptors (Lipinski definition) is 4. The Labute approximate surface area is 256 Å². The van der Waals surface area contributed by atoms with Crippen LogP contribution in [0.15, 0.2) is 121 Å². The highest BCUT2D eigenvalue weighted by atomic mass is 32.1. The Kier molecular flexibility index (Phi) is 5.96. The first-order valence-electron chi connectivity index (χ1n) is 14.9. The Morgan fingerprint density at radius 1 is 0.535 bits per heavy atom. The minimum Gasteiger partial charge on any atom is -0.399 e. The van der Waals surface area contributed by atoms with Crippen LogP contribution in [0, 0.1) is 0 Å². The van der Waals surface area contributed by atoms with Gasteiger partial charge in [-0.25, -0.2) is 0 Å². The predicted molar refractivity (Wildman–Crippen MR) is 185 cm³/mol. The molecule has 5 heteroatoms. The van der Waals surface area contributed by atoms with Crippen molar-refractivity contribution in [2.24, 2.45) is 0 Å². The first-order chi connectivity index (χ1) is 20.8. The number of hydrogen-bond donors (Lipinski definition) is 0. The third-order valence-electron chi connectivity index (χ3n) is 9.26. The summed E-state index contributed by atoms with van der Waals surface area (Å²) in [5.74, 6) is 0. The molecular weight excluding hydrogens is 545 g/mol. The maximum Gasteiger partial charge on any atom is 0.496 e. The third-order valence-corrected chi connectivity index (χ3v) is 10.6. The molecular formula is C38H32BNO2S. The maximum atomic E-state index is 6.53. The number of rotatable bonds is 4. The summed E-state index contributed by atoms with van der Waals surface area (Å²) in [6.45, 7) is 8.45. The summed E-state index contributed by atoms with van der Waals surface area (Å²) < 4.78 is 15.5. The van der Waals surface area contributed by atoms with E-state index in [1.165, 1.54) is 41.7 Å². The zero-order chi connectivity index (χ0) is 29.3. The summed E-state index contributed by atoms with van der Waals surface area (Å²) in [7, 11) is -0.415. The maximum absolute atomic E-state index is 6.53. The molecule has 0 radical (unpaired) electrons. The molecule has 3 nitrogen and oxygen atoms in total. The number of anilines is 3. The molecule has 6 aromatic carbocycles. The zero-order valence-corrected chi connectivity index (χ0v) is 25.6. The van der Waals surface area contributed by atoms with Crippen molar-refractivity contribution in [3.63, 3.8) is 0 Å². The van der Waals surface area contributed by atoms with Gasteiger partial charge in [0.1, 0.15) is 0 Å². The van der Waals surface area contributed by atoms with Crippen molar-refractivity contribution in [3.05, 3.63) is 121 Å². The van der Waals surface area contributed by atoms with E-state index >= 15 is 0 Å². The molecule has 1 aliphatic rings. The van der Waals surface area contributed by atoms with E-state index in [0.717, 1.165) is 22.5 Å². The fourth-order valence-electron chi connectivity index (χ4n) is 6.22. The van der Waals surface area contributed by atoms with E-state index in [9.17, 15) is 0 Å². The highest BCUT2D eigenvalue weighted by molar-refractivity contribution is 7.27. The Morgan fingerprint density at radius 3 is 1.63 bits per heavy atom. The molecule has 1 aliphatic heterocycles. The van der Waals surface area contributed by atoms with Crippen molar-refractivity contribution in [1.29, 1.82) is 0 Å². The third kappa shape index (κ3) is 4.26. The summed E-state index contributed by atoms with van der Waals surface area (Å²) in [6, 6.07) is 43.8. The lowest BCUT2D eigenvalue weighted by Gasteiger charge is -2.32. The number of nitrogens with zero attached hydrogens (tertiary/aromatic N) is 1. The van der Waals surface area contributed by atoms with Gasteiger partial charge in [0.15, 0.2) is 0 Å². The van der Waals surface area contributed by atoms with E-state index in [1.807, 2.05) is 11.3 Å². The van der Waals surface area contributed by atoms with Gasteiger partial charge in [0.05, 0.1) is 21.6 Å². The Balaban J connectivity index is 1.36. The number of fused-ring (bicyclic) bond motifs is 5. The van der Waals surface area contributed by atoms with E-state index in [1.54, 1.807) is 0 Å². The van der Waals surface area contributed by atoms with E-state index < -0.39 is 18.3 Å². The number of thiophene rings is 1. The molecule has 0 N–H and O–H groups in total. The summed E-state index contributed by atoms with van der Waals surface area (Å²) in [5.41, 5.74) is 3.71. The Hall–Kier alpha value is -4.16. The fraction of sp³-hybridized carbons (Fsp3) is 0.158. The van der Waals surface area contributed by atoms with Crippen LogP contribution in [0.5, 0.6) is 0 Å². The highest BCUT2D eigenvalue weighted by Crippen LogP contribution is 2.46. The average molecular weight is 578 g/mol. The lowest BCUT2D eigenvalue weighted by molar-refractivity contribution is 0.00578. The molecule has 8 rings (SSSR count). The monoisotopic (exact) mass is 577 g/mol. The van der Waals surface area contributed by atoms with Crippen molar-refractivity contribution in [2.75, 3.05) is 4.90 Å². The van der Waals surface area contributed by atoms with Gasteiger partial charge in [-0.1, -0.05) is 91.0 Å². The van der Waals surface area contributed by atoms with Gasteiger partial charge in [0, 0.05) is 32.3 Å². The van der Waals surface area contributed by atoms with Crippen molar-refractivity contribution in [2.45, 2.75) is 38.9 Å². The van der Waals surface area contributed by atoms with Crippen LogP contribution in [0.1, 0.15) is 27.7 Å². The minimum absolute atomic E-state index is 0.398. The second-order valence-corrected chi connectivity index (χ2v) is 13.5. The average Bonchev–Trinajstić information content (AvgIpc) is 3.50. The second-order valence-electron chi connectivity index (χ2n) is 12.5. The molecule has 210 valence electrons. The van der Waals surface area contributed by atoms with Gasteiger partial charge in [-0.3, -0.25) is 0 Å². The zero-order valence-electron chi connectivity index (χ0n) is 24.8. The van der Waals surface area contributed by atoms with Crippen LogP contribution in [0.2, 0.25) is 0 Å². The van der Waals surface area contributed by atoms with Crippen LogP contribution in [0.3, 0.4) is 0 Å². The van der Waals surface area contributed by atoms with Gasteiger partial charge in [0.2, 0.25) is 0 Å². The fourth-order valence-corrected chi connectivity index (χ4v) is 7.54. The highest BCUT2D eigenvalue weighted by Gasteiger charge is 2.52. The van der Waals surface area contributed by atoms with Crippen LogP contribution in [0.25, 0.3) is 41.7 Å². The molecule has 0 aliphatic carbocycles. The second kappa shape index (κ2) is 9.68. The van der Waals surface area contributed by atoms with E-state index in [-0.39, 0.29) is 0 Å². The Bertz CT molecular complexity index is 2090. The minimum atomic E-state index is -0.415. The smallest absolute Gasteiger partial charge is 0.399 e. The molecule has 7 aromatic rings. The molecule has 0 atom stereocenters. The topological polar surface area (TPSA) is 21.7 Å². The molecule has 1 aromatic heterocycles. The van der Waals surface area contributed by atoms with Crippen LogP contribution >= 0.6 is 11.3 Å². The molecule has 0 unspecified atom stereocenters. The van der Waals surface area contributed by atoms with Gasteiger partial charge < -0.3 is 14.2 Å². The summed E-state index contributed by atoms with van der Waals surface area (Å²) >= 11 is 1.83. The van der Waals surface area contributed by atoms with E-state index in [4.69, 9.17) is 9.31 Å². The molecule has 0 spiro atoms. The van der Waals surface area contributed by atoms with E-state index in [2.05, 4.69) is 154 Å². The lowest BCUT2D eigenvalue weighted by Crippen LogP contribution is -2.41. The first kappa shape index (κ1) is 26.5. The van der Waals surface area contributed by atoms with E-state index in [0.29, 0.717) is 0 Å². The standard InChI is InChI=1S/C38H32BNO2S/c1-37(2)38(3,4)42-39(41-37)33-17-9-15-31-32-16-10-18-34(36(32)43-35(31)33)40(29-21-19-25-11-5-7-13-27(25)23-29)30-22-20-26-12-6-8-14-28(26)24-30/h5-24H,1-4H3. The number of benzene rings is 6. The van der Waals surface area contributed by atoms with Gasteiger partial charge in [0.25, 0.3) is 0 Å². The summed E-state index contributed by atoms with van der Waals surface area (Å²) in [6.07, 6.45) is 0. The SMILES string of the molecule is CC1(C)OB(c2cccc3c2sc2c(N(c4ccc5ccccc5c4)c4ccc5ccccc5c4)cccc23)OC1(C)C. The quantitative estimate of drug-likeness (QED) is 0.194. The molecule has 2 heterocycles. The van der Waals surface area contributed by atoms with Crippen molar-refractivity contribution in [1.82, 2.24) is 0 Å². The van der Waals surface area contributed by atoms with Gasteiger partial charge in [-0.2, -0.15) is 0 Å². The van der Waals surface area contributed by atoms with Gasteiger partial charge in [-0.15, -0.1) is 11.3 Å². The van der Waals surface area contributed by atoms with Gasteiger partial charge >= 0.3 is 7.12 Å². The summed E-state index contributed by atoms with van der Waals surface area (Å²) in [5, 5.41) is 7.37. The van der Waals surface area contributed by atoms with Crippen molar-refractivity contribution >= 4 is 82.7 Å². The van der Waals surface area contributed by atoms with Crippen LogP contribution < -0.4 is 10.4 Å². The van der Waals surface area contributed by atoms with Crippen LogP contribution in [0.4, 0.5) is 17.1 Å².